The van der Waals surface area contributed by atoms with Gasteiger partial charge >= 0.3 is 12.4 Å². The van der Waals surface area contributed by atoms with Crippen LogP contribution in [0.3, 0.4) is 0 Å². The van der Waals surface area contributed by atoms with Crippen LogP contribution in [-0.4, -0.2) is 18.4 Å². The highest BCUT2D eigenvalue weighted by Crippen LogP contribution is 2.36. The lowest BCUT2D eigenvalue weighted by Gasteiger charge is -2.34. The van der Waals surface area contributed by atoms with E-state index in [1.54, 1.807) is 49.1 Å². The van der Waals surface area contributed by atoms with Crippen LogP contribution in [0.25, 0.3) is 0 Å². The minimum absolute atomic E-state index is 0.0802. The van der Waals surface area contributed by atoms with Gasteiger partial charge in [0.05, 0.1) is 17.2 Å². The summed E-state index contributed by atoms with van der Waals surface area (Å²) in [7, 11) is 0. The maximum absolute atomic E-state index is 13.1. The standard InChI is InChI=1S/C20H19F6NO/c1-13(2)27(17-6-4-3-5-7-17)18(12-28)10-14-8-15(19(21,22)23)11-16(9-14)20(24,25)26/h3-9,11-13,18H,10H2,1-2H3/t18-/m0/s1. The highest BCUT2D eigenvalue weighted by Gasteiger charge is 2.37. The third-order valence-electron chi connectivity index (χ3n) is 4.22. The number of aldehydes is 1. The van der Waals surface area contributed by atoms with Gasteiger partial charge < -0.3 is 9.69 Å². The molecule has 0 heterocycles. The van der Waals surface area contributed by atoms with Crippen LogP contribution in [-0.2, 0) is 23.6 Å². The second-order valence-electron chi connectivity index (χ2n) is 6.66. The predicted octanol–water partition coefficient (Wildman–Crippen LogP) is 5.75. The molecule has 0 saturated carbocycles. The Balaban J connectivity index is 2.47. The highest BCUT2D eigenvalue weighted by atomic mass is 19.4. The summed E-state index contributed by atoms with van der Waals surface area (Å²) < 4.78 is 78.4. The summed E-state index contributed by atoms with van der Waals surface area (Å²) >= 11 is 0. The predicted molar refractivity (Wildman–Crippen MR) is 94.1 cm³/mol. The zero-order valence-electron chi connectivity index (χ0n) is 15.2. The molecule has 0 amide bonds. The lowest BCUT2D eigenvalue weighted by atomic mass is 9.98. The molecule has 0 saturated heterocycles. The lowest BCUT2D eigenvalue weighted by Crippen LogP contribution is -2.43. The van der Waals surface area contributed by atoms with Crippen molar-refractivity contribution in [3.8, 4) is 0 Å². The Labute approximate surface area is 158 Å². The number of para-hydroxylation sites is 1. The van der Waals surface area contributed by atoms with E-state index < -0.39 is 29.5 Å². The van der Waals surface area contributed by atoms with Crippen molar-refractivity contribution >= 4 is 12.0 Å². The minimum Gasteiger partial charge on any atom is -0.359 e. The quantitative estimate of drug-likeness (QED) is 0.452. The first-order chi connectivity index (χ1) is 12.9. The van der Waals surface area contributed by atoms with Gasteiger partial charge in [-0.05, 0) is 56.2 Å². The number of carbonyl (C=O) groups excluding carboxylic acids is 1. The molecule has 0 aliphatic rings. The van der Waals surface area contributed by atoms with E-state index in [-0.39, 0.29) is 24.1 Å². The zero-order valence-corrected chi connectivity index (χ0v) is 15.2. The summed E-state index contributed by atoms with van der Waals surface area (Å²) in [6.45, 7) is 3.58. The summed E-state index contributed by atoms with van der Waals surface area (Å²) in [5.74, 6) is 0. The SMILES string of the molecule is CC(C)N(c1ccccc1)[C@H](C=O)Cc1cc(C(F)(F)F)cc(C(F)(F)F)c1. The normalized spacial score (nSPS) is 13.5. The largest absolute Gasteiger partial charge is 0.416 e. The van der Waals surface area contributed by atoms with E-state index in [0.29, 0.717) is 24.1 Å². The molecule has 0 aliphatic carbocycles. The number of hydrogen-bond acceptors (Lipinski definition) is 2. The van der Waals surface area contributed by atoms with E-state index in [0.717, 1.165) is 0 Å². The van der Waals surface area contributed by atoms with Crippen LogP contribution in [0.2, 0.25) is 0 Å². The van der Waals surface area contributed by atoms with Crippen LogP contribution < -0.4 is 4.90 Å². The molecular weight excluding hydrogens is 384 g/mol. The molecule has 2 rings (SSSR count). The molecule has 0 N–H and O–H groups in total. The lowest BCUT2D eigenvalue weighted by molar-refractivity contribution is -0.143. The van der Waals surface area contributed by atoms with Crippen molar-refractivity contribution < 1.29 is 31.1 Å². The summed E-state index contributed by atoms with van der Waals surface area (Å²) in [6, 6.07) is 8.96. The fourth-order valence-corrected chi connectivity index (χ4v) is 3.06. The second-order valence-corrected chi connectivity index (χ2v) is 6.66. The Bertz CT molecular complexity index is 766. The average molecular weight is 403 g/mol. The van der Waals surface area contributed by atoms with Gasteiger partial charge in [-0.25, -0.2) is 0 Å². The smallest absolute Gasteiger partial charge is 0.359 e. The Morgan fingerprint density at radius 3 is 1.79 bits per heavy atom. The van der Waals surface area contributed by atoms with Crippen molar-refractivity contribution in [2.45, 2.75) is 44.7 Å². The molecule has 0 aliphatic heterocycles. The van der Waals surface area contributed by atoms with Gasteiger partial charge in [-0.15, -0.1) is 0 Å². The van der Waals surface area contributed by atoms with Crippen LogP contribution in [0.4, 0.5) is 32.0 Å². The van der Waals surface area contributed by atoms with E-state index in [1.807, 2.05) is 0 Å². The van der Waals surface area contributed by atoms with Crippen molar-refractivity contribution in [3.05, 3.63) is 65.2 Å². The van der Waals surface area contributed by atoms with Gasteiger partial charge in [0.15, 0.2) is 0 Å². The molecule has 0 bridgehead atoms. The molecular formula is C20H19F6NO. The van der Waals surface area contributed by atoms with Gasteiger partial charge in [0.25, 0.3) is 0 Å². The molecule has 2 aromatic carbocycles. The topological polar surface area (TPSA) is 20.3 Å². The molecule has 1 atom stereocenters. The van der Waals surface area contributed by atoms with Crippen LogP contribution in [0.15, 0.2) is 48.5 Å². The maximum atomic E-state index is 13.1. The van der Waals surface area contributed by atoms with E-state index in [4.69, 9.17) is 0 Å². The number of halogens is 6. The Hall–Kier alpha value is -2.51. The number of anilines is 1. The number of carbonyl (C=O) groups is 1. The van der Waals surface area contributed by atoms with Crippen LogP contribution in [0.1, 0.15) is 30.5 Å². The number of alkyl halides is 6. The Kier molecular flexibility index (Phi) is 6.41. The first-order valence-corrected chi connectivity index (χ1v) is 8.50. The van der Waals surface area contributed by atoms with Crippen molar-refractivity contribution in [2.75, 3.05) is 4.90 Å². The van der Waals surface area contributed by atoms with E-state index in [2.05, 4.69) is 0 Å². The summed E-state index contributed by atoms with van der Waals surface area (Å²) in [5, 5.41) is 0. The van der Waals surface area contributed by atoms with Gasteiger partial charge in [-0.2, -0.15) is 26.3 Å². The molecule has 0 spiro atoms. The number of rotatable bonds is 6. The third kappa shape index (κ3) is 5.27. The Morgan fingerprint density at radius 1 is 0.893 bits per heavy atom. The molecule has 2 nitrogen and oxygen atoms in total. The fraction of sp³-hybridized carbons (Fsp3) is 0.350. The van der Waals surface area contributed by atoms with Gasteiger partial charge in [0.2, 0.25) is 0 Å². The highest BCUT2D eigenvalue weighted by molar-refractivity contribution is 5.67. The first kappa shape index (κ1) is 21.8. The van der Waals surface area contributed by atoms with Crippen LogP contribution in [0, 0.1) is 0 Å². The molecule has 2 aromatic rings. The molecule has 8 heteroatoms. The molecule has 0 aromatic heterocycles. The van der Waals surface area contributed by atoms with Crippen molar-refractivity contribution in [2.24, 2.45) is 0 Å². The van der Waals surface area contributed by atoms with Crippen molar-refractivity contribution in [3.63, 3.8) is 0 Å². The first-order valence-electron chi connectivity index (χ1n) is 8.50. The number of nitrogens with zero attached hydrogens (tertiary/aromatic N) is 1. The van der Waals surface area contributed by atoms with Crippen molar-refractivity contribution in [1.29, 1.82) is 0 Å². The zero-order chi connectivity index (χ0) is 21.1. The third-order valence-corrected chi connectivity index (χ3v) is 4.22. The van der Waals surface area contributed by atoms with Gasteiger partial charge in [0, 0.05) is 11.7 Å². The Morgan fingerprint density at radius 2 is 1.39 bits per heavy atom. The van der Waals surface area contributed by atoms with Crippen molar-refractivity contribution in [1.82, 2.24) is 0 Å². The van der Waals surface area contributed by atoms with E-state index in [1.165, 1.54) is 0 Å². The van der Waals surface area contributed by atoms with Crippen LogP contribution >= 0.6 is 0 Å². The molecule has 0 fully saturated rings. The second kappa shape index (κ2) is 8.24. The maximum Gasteiger partial charge on any atom is 0.416 e. The van der Waals surface area contributed by atoms with E-state index in [9.17, 15) is 31.1 Å². The molecule has 152 valence electrons. The van der Waals surface area contributed by atoms with Gasteiger partial charge in [0.1, 0.15) is 6.29 Å². The summed E-state index contributed by atoms with van der Waals surface area (Å²) in [6.07, 6.45) is -9.60. The summed E-state index contributed by atoms with van der Waals surface area (Å²) in [4.78, 5) is 13.4. The molecule has 0 radical (unpaired) electrons. The average Bonchev–Trinajstić information content (AvgIpc) is 2.60. The van der Waals surface area contributed by atoms with Gasteiger partial charge in [-0.3, -0.25) is 0 Å². The molecule has 0 unspecified atom stereocenters. The van der Waals surface area contributed by atoms with Gasteiger partial charge in [-0.1, -0.05) is 18.2 Å². The number of benzene rings is 2. The minimum atomic E-state index is -4.93. The summed E-state index contributed by atoms with van der Waals surface area (Å²) in [5.41, 5.74) is -2.34. The molecule has 28 heavy (non-hydrogen) atoms. The van der Waals surface area contributed by atoms with E-state index >= 15 is 0 Å². The fourth-order valence-electron chi connectivity index (χ4n) is 3.06. The number of hydrogen-bond donors (Lipinski definition) is 0. The van der Waals surface area contributed by atoms with Crippen LogP contribution in [0.5, 0.6) is 0 Å². The monoisotopic (exact) mass is 403 g/mol.